The van der Waals surface area contributed by atoms with Gasteiger partial charge in [0.15, 0.2) is 5.88 Å². The summed E-state index contributed by atoms with van der Waals surface area (Å²) < 4.78 is 0.507. The van der Waals surface area contributed by atoms with Crippen LogP contribution in [-0.2, 0) is 25.7 Å². The number of nitrogens with zero attached hydrogens (tertiary/aromatic N) is 4. The van der Waals surface area contributed by atoms with Crippen molar-refractivity contribution in [3.63, 3.8) is 0 Å². The minimum absolute atomic E-state index is 0.00588. The summed E-state index contributed by atoms with van der Waals surface area (Å²) in [7, 11) is 0. The number of aromatic hydroxyl groups is 1. The van der Waals surface area contributed by atoms with E-state index in [1.54, 1.807) is 6.07 Å². The van der Waals surface area contributed by atoms with E-state index in [9.17, 15) is 34.3 Å². The predicted octanol–water partition coefficient (Wildman–Crippen LogP) is 0.731. The molecule has 168 valence electrons. The molecular formula is C21H16N4O8. The minimum atomic E-state index is -1.46. The third kappa shape index (κ3) is 4.55. The van der Waals surface area contributed by atoms with E-state index >= 15 is 0 Å². The van der Waals surface area contributed by atoms with Gasteiger partial charge in [0, 0.05) is 11.1 Å². The maximum absolute atomic E-state index is 12.7. The van der Waals surface area contributed by atoms with Crippen LogP contribution in [0.15, 0.2) is 33.7 Å². The lowest BCUT2D eigenvalue weighted by Crippen LogP contribution is -2.45. The van der Waals surface area contributed by atoms with Crippen LogP contribution in [-0.4, -0.2) is 55.1 Å². The summed E-state index contributed by atoms with van der Waals surface area (Å²) in [5.41, 5.74) is -1.90. The van der Waals surface area contributed by atoms with Gasteiger partial charge in [0.25, 0.3) is 17.4 Å². The molecule has 1 aliphatic heterocycles. The standard InChI is InChI=1S/C21H16N4O8/c1-10-12(18(30)24(8-15(26)27)20(32)14(10)7-22)5-4-6-13-11(2)17(23-3)21(33)25(19(13)31)9-16(28)29/h4-6,33H,8-9H2,1-2H3,(H,26,27)(H,28,29). The Morgan fingerprint density at radius 2 is 1.73 bits per heavy atom. The summed E-state index contributed by atoms with van der Waals surface area (Å²) >= 11 is 0. The van der Waals surface area contributed by atoms with E-state index in [2.05, 4.69) is 4.85 Å². The number of hydrogen-bond acceptors (Lipinski definition) is 7. The second kappa shape index (κ2) is 9.45. The Morgan fingerprint density at radius 1 is 1.12 bits per heavy atom. The number of carboxylic acids is 2. The van der Waals surface area contributed by atoms with Gasteiger partial charge in [0.2, 0.25) is 5.69 Å². The molecule has 0 saturated carbocycles. The summed E-state index contributed by atoms with van der Waals surface area (Å²) in [6.07, 6.45) is 3.52. The number of allylic oxidation sites excluding steroid dienone is 2. The Kier molecular flexibility index (Phi) is 6.96. The fraction of sp³-hybridized carbons (Fsp3) is 0.190. The highest BCUT2D eigenvalue weighted by Crippen LogP contribution is 2.31. The topological polar surface area (TPSA) is 182 Å². The van der Waals surface area contributed by atoms with Crippen LogP contribution in [0.2, 0.25) is 0 Å². The van der Waals surface area contributed by atoms with Crippen LogP contribution in [0.25, 0.3) is 10.9 Å². The van der Waals surface area contributed by atoms with E-state index in [-0.39, 0.29) is 28.0 Å². The van der Waals surface area contributed by atoms with E-state index < -0.39 is 53.9 Å². The Labute approximate surface area is 186 Å². The van der Waals surface area contributed by atoms with E-state index in [4.69, 9.17) is 16.8 Å². The lowest BCUT2D eigenvalue weighted by molar-refractivity contribution is -0.149. The second-order valence-corrected chi connectivity index (χ2v) is 6.75. The average molecular weight is 452 g/mol. The molecule has 0 spiro atoms. The molecule has 1 aromatic heterocycles. The van der Waals surface area contributed by atoms with E-state index in [0.29, 0.717) is 9.47 Å². The fourth-order valence-corrected chi connectivity index (χ4v) is 3.11. The average Bonchev–Trinajstić information content (AvgIpc) is 2.73. The molecule has 12 nitrogen and oxygen atoms in total. The van der Waals surface area contributed by atoms with Crippen LogP contribution in [0.1, 0.15) is 18.1 Å². The van der Waals surface area contributed by atoms with Crippen LogP contribution in [0.3, 0.4) is 0 Å². The van der Waals surface area contributed by atoms with Crippen molar-refractivity contribution < 1.29 is 34.5 Å². The molecule has 12 heteroatoms. The van der Waals surface area contributed by atoms with Crippen LogP contribution in [0.5, 0.6) is 5.88 Å². The molecule has 0 saturated heterocycles. The molecule has 0 aromatic carbocycles. The van der Waals surface area contributed by atoms with Crippen molar-refractivity contribution in [2.45, 2.75) is 20.4 Å². The second-order valence-electron chi connectivity index (χ2n) is 6.75. The first kappa shape index (κ1) is 24.3. The van der Waals surface area contributed by atoms with E-state index in [1.807, 2.05) is 0 Å². The zero-order valence-corrected chi connectivity index (χ0v) is 17.3. The number of imide groups is 1. The van der Waals surface area contributed by atoms with Gasteiger partial charge in [0.05, 0.1) is 6.57 Å². The monoisotopic (exact) mass is 452 g/mol. The molecule has 2 rings (SSSR count). The first-order chi connectivity index (χ1) is 15.5. The third-order valence-corrected chi connectivity index (χ3v) is 4.75. The smallest absolute Gasteiger partial charge is 0.323 e. The number of aliphatic carboxylic acids is 2. The fourth-order valence-electron chi connectivity index (χ4n) is 3.11. The number of aromatic nitrogens is 1. The third-order valence-electron chi connectivity index (χ3n) is 4.75. The normalized spacial score (nSPS) is 15.2. The van der Waals surface area contributed by atoms with Gasteiger partial charge in [-0.2, -0.15) is 5.26 Å². The van der Waals surface area contributed by atoms with Gasteiger partial charge in [-0.25, -0.2) is 4.85 Å². The summed E-state index contributed by atoms with van der Waals surface area (Å²) in [5, 5.41) is 37.3. The van der Waals surface area contributed by atoms with E-state index in [0.717, 1.165) is 6.08 Å². The SMILES string of the molecule is [C-]#[N+]c1c(C)c(C=CC=C2C(=O)N(CC(=O)O)C(=O)C(C#N)=C2C)c(=O)n(CC(=O)O)c1O. The molecule has 2 amide bonds. The molecule has 0 aliphatic carbocycles. The molecule has 0 fully saturated rings. The number of carbonyl (C=O) groups excluding carboxylic acids is 2. The van der Waals surface area contributed by atoms with Crippen molar-refractivity contribution in [1.82, 2.24) is 9.47 Å². The summed E-state index contributed by atoms with van der Waals surface area (Å²) in [6, 6.07) is 1.64. The lowest BCUT2D eigenvalue weighted by Gasteiger charge is -2.25. The van der Waals surface area contributed by atoms with Gasteiger partial charge in [-0.3, -0.25) is 33.4 Å². The highest BCUT2D eigenvalue weighted by atomic mass is 16.4. The number of carbonyl (C=O) groups is 4. The summed E-state index contributed by atoms with van der Waals surface area (Å²) in [5.74, 6) is -5.70. The Hall–Kier alpha value is -4.97. The Bertz CT molecular complexity index is 1330. The van der Waals surface area contributed by atoms with Crippen LogP contribution >= 0.6 is 0 Å². The van der Waals surface area contributed by atoms with Gasteiger partial charge in [-0.05, 0) is 31.1 Å². The molecule has 1 aromatic rings. The number of pyridine rings is 1. The van der Waals surface area contributed by atoms with Crippen molar-refractivity contribution in [3.8, 4) is 11.9 Å². The number of rotatable bonds is 6. The maximum Gasteiger partial charge on any atom is 0.323 e. The summed E-state index contributed by atoms with van der Waals surface area (Å²) in [6.45, 7) is 8.04. The molecule has 3 N–H and O–H groups in total. The number of hydrogen-bond donors (Lipinski definition) is 3. The van der Waals surface area contributed by atoms with Crippen LogP contribution < -0.4 is 5.56 Å². The molecule has 1 aliphatic rings. The zero-order chi connectivity index (χ0) is 25.0. The highest BCUT2D eigenvalue weighted by Gasteiger charge is 2.36. The largest absolute Gasteiger partial charge is 0.503 e. The number of carboxylic acid groups (broad SMARTS) is 2. The molecule has 33 heavy (non-hydrogen) atoms. The van der Waals surface area contributed by atoms with Crippen molar-refractivity contribution in [2.24, 2.45) is 0 Å². The van der Waals surface area contributed by atoms with Gasteiger partial charge < -0.3 is 15.3 Å². The first-order valence-electron chi connectivity index (χ1n) is 9.09. The van der Waals surface area contributed by atoms with Gasteiger partial charge in [0.1, 0.15) is 24.7 Å². The molecule has 0 unspecified atom stereocenters. The van der Waals surface area contributed by atoms with Crippen molar-refractivity contribution in [3.05, 3.63) is 61.8 Å². The zero-order valence-electron chi connectivity index (χ0n) is 17.3. The lowest BCUT2D eigenvalue weighted by atomic mass is 9.95. The van der Waals surface area contributed by atoms with Gasteiger partial charge >= 0.3 is 11.9 Å². The number of amides is 2. The van der Waals surface area contributed by atoms with Crippen molar-refractivity contribution in [2.75, 3.05) is 6.54 Å². The molecule has 2 heterocycles. The molecule has 0 radical (unpaired) electrons. The minimum Gasteiger partial charge on any atom is -0.503 e. The van der Waals surface area contributed by atoms with Crippen LogP contribution in [0, 0.1) is 24.8 Å². The first-order valence-corrected chi connectivity index (χ1v) is 9.09. The number of nitriles is 1. The van der Waals surface area contributed by atoms with Crippen molar-refractivity contribution in [1.29, 1.82) is 5.26 Å². The van der Waals surface area contributed by atoms with Gasteiger partial charge in [-0.15, -0.1) is 0 Å². The molecule has 0 bridgehead atoms. The van der Waals surface area contributed by atoms with Crippen LogP contribution in [0.4, 0.5) is 5.69 Å². The maximum atomic E-state index is 12.7. The Morgan fingerprint density at radius 3 is 2.24 bits per heavy atom. The van der Waals surface area contributed by atoms with E-state index in [1.165, 1.54) is 26.0 Å². The quantitative estimate of drug-likeness (QED) is 0.318. The predicted molar refractivity (Wildman–Crippen MR) is 111 cm³/mol. The summed E-state index contributed by atoms with van der Waals surface area (Å²) in [4.78, 5) is 63.1. The van der Waals surface area contributed by atoms with Gasteiger partial charge in [-0.1, -0.05) is 12.2 Å². The van der Waals surface area contributed by atoms with Crippen molar-refractivity contribution >= 4 is 35.5 Å². The highest BCUT2D eigenvalue weighted by molar-refractivity contribution is 6.19. The Balaban J connectivity index is 2.65. The molecular weight excluding hydrogens is 436 g/mol. The molecule has 0 atom stereocenters.